The van der Waals surface area contributed by atoms with Gasteiger partial charge >= 0.3 is 0 Å². The van der Waals surface area contributed by atoms with Gasteiger partial charge in [-0.05, 0) is 36.8 Å². The molecule has 0 aliphatic rings. The van der Waals surface area contributed by atoms with Crippen molar-refractivity contribution in [2.24, 2.45) is 0 Å². The average Bonchev–Trinajstić information content (AvgIpc) is 2.65. The summed E-state index contributed by atoms with van der Waals surface area (Å²) in [5.41, 5.74) is 2.54. The number of nitriles is 1. The molecular formula is C20H20N2O3. The lowest BCUT2D eigenvalue weighted by atomic mass is 10.2. The van der Waals surface area contributed by atoms with Gasteiger partial charge in [-0.3, -0.25) is 4.79 Å². The highest BCUT2D eigenvalue weighted by atomic mass is 16.5. The summed E-state index contributed by atoms with van der Waals surface area (Å²) in [6.45, 7) is 3.02. The molecule has 2 aromatic rings. The van der Waals surface area contributed by atoms with Crippen LogP contribution in [0.2, 0.25) is 0 Å². The molecule has 2 aromatic carbocycles. The Kier molecular flexibility index (Phi) is 7.23. The Hall–Kier alpha value is -3.10. The molecule has 1 N–H and O–H groups in total. The number of amides is 1. The molecule has 0 bridgehead atoms. The smallest absolute Gasteiger partial charge is 0.248 e. The van der Waals surface area contributed by atoms with E-state index in [1.807, 2.05) is 49.4 Å². The molecule has 0 fully saturated rings. The van der Waals surface area contributed by atoms with E-state index in [1.54, 1.807) is 18.2 Å². The van der Waals surface area contributed by atoms with Gasteiger partial charge in [0.1, 0.15) is 11.8 Å². The van der Waals surface area contributed by atoms with Crippen LogP contribution < -0.4 is 10.1 Å². The summed E-state index contributed by atoms with van der Waals surface area (Å²) >= 11 is 0. The first-order valence-corrected chi connectivity index (χ1v) is 7.97. The third-order valence-corrected chi connectivity index (χ3v) is 3.35. The molecular weight excluding hydrogens is 316 g/mol. The summed E-state index contributed by atoms with van der Waals surface area (Å²) in [5, 5.41) is 11.3. The van der Waals surface area contributed by atoms with E-state index < -0.39 is 0 Å². The monoisotopic (exact) mass is 336 g/mol. The van der Waals surface area contributed by atoms with Crippen LogP contribution in [0.3, 0.4) is 0 Å². The number of nitrogens with zero attached hydrogens (tertiary/aromatic N) is 1. The Labute approximate surface area is 147 Å². The number of ether oxygens (including phenoxy) is 2. The number of hydrogen-bond donors (Lipinski definition) is 1. The highest BCUT2D eigenvalue weighted by molar-refractivity contribution is 6.02. The second kappa shape index (κ2) is 9.91. The lowest BCUT2D eigenvalue weighted by molar-refractivity contribution is -0.111. The van der Waals surface area contributed by atoms with Gasteiger partial charge in [0.05, 0.1) is 6.61 Å². The summed E-state index contributed by atoms with van der Waals surface area (Å²) < 4.78 is 10.6. The first-order chi connectivity index (χ1) is 12.2. The lowest BCUT2D eigenvalue weighted by Gasteiger charge is -2.09. The SMILES string of the molecule is CCOCc1ccccc1NC(=O)/C=C/c1ccc(OCC#N)cc1. The Morgan fingerprint density at radius 1 is 1.20 bits per heavy atom. The Balaban J connectivity index is 1.96. The molecule has 0 aliphatic heterocycles. The number of carbonyl (C=O) groups is 1. The molecule has 0 aliphatic carbocycles. The number of carbonyl (C=O) groups excluding carboxylic acids is 1. The van der Waals surface area contributed by atoms with E-state index >= 15 is 0 Å². The maximum absolute atomic E-state index is 12.1. The van der Waals surface area contributed by atoms with Crippen molar-refractivity contribution in [3.05, 3.63) is 65.7 Å². The molecule has 2 rings (SSSR count). The molecule has 0 saturated heterocycles. The van der Waals surface area contributed by atoms with E-state index in [0.29, 0.717) is 19.0 Å². The molecule has 0 heterocycles. The van der Waals surface area contributed by atoms with Crippen LogP contribution in [0.15, 0.2) is 54.6 Å². The van der Waals surface area contributed by atoms with Crippen molar-refractivity contribution in [1.82, 2.24) is 0 Å². The Morgan fingerprint density at radius 3 is 2.68 bits per heavy atom. The van der Waals surface area contributed by atoms with Crippen molar-refractivity contribution in [3.63, 3.8) is 0 Å². The zero-order chi connectivity index (χ0) is 17.9. The second-order valence-corrected chi connectivity index (χ2v) is 5.13. The van der Waals surface area contributed by atoms with Crippen molar-refractivity contribution in [1.29, 1.82) is 5.26 Å². The molecule has 5 nitrogen and oxygen atoms in total. The van der Waals surface area contributed by atoms with Gasteiger partial charge in [-0.15, -0.1) is 0 Å². The van der Waals surface area contributed by atoms with E-state index in [1.165, 1.54) is 6.08 Å². The molecule has 25 heavy (non-hydrogen) atoms. The molecule has 5 heteroatoms. The third-order valence-electron chi connectivity index (χ3n) is 3.35. The summed E-state index contributed by atoms with van der Waals surface area (Å²) in [6, 6.07) is 16.6. The van der Waals surface area contributed by atoms with Gasteiger partial charge in [-0.1, -0.05) is 30.3 Å². The minimum Gasteiger partial charge on any atom is -0.479 e. The van der Waals surface area contributed by atoms with Crippen LogP contribution in [-0.4, -0.2) is 19.1 Å². The maximum Gasteiger partial charge on any atom is 0.248 e. The number of para-hydroxylation sites is 1. The largest absolute Gasteiger partial charge is 0.479 e. The zero-order valence-electron chi connectivity index (χ0n) is 14.1. The van der Waals surface area contributed by atoms with E-state index in [9.17, 15) is 4.79 Å². The number of rotatable bonds is 8. The molecule has 0 spiro atoms. The fourth-order valence-electron chi connectivity index (χ4n) is 2.12. The van der Waals surface area contributed by atoms with Crippen LogP contribution in [0.5, 0.6) is 5.75 Å². The quantitative estimate of drug-likeness (QED) is 0.745. The van der Waals surface area contributed by atoms with E-state index in [2.05, 4.69) is 5.32 Å². The molecule has 128 valence electrons. The number of nitrogens with one attached hydrogen (secondary N) is 1. The molecule has 0 radical (unpaired) electrons. The second-order valence-electron chi connectivity index (χ2n) is 5.13. The van der Waals surface area contributed by atoms with Gasteiger partial charge in [0.25, 0.3) is 0 Å². The molecule has 0 unspecified atom stereocenters. The van der Waals surface area contributed by atoms with Crippen molar-refractivity contribution >= 4 is 17.7 Å². The Bertz CT molecular complexity index is 761. The molecule has 0 atom stereocenters. The minimum absolute atomic E-state index is 0.0126. The van der Waals surface area contributed by atoms with E-state index in [4.69, 9.17) is 14.7 Å². The van der Waals surface area contributed by atoms with E-state index in [-0.39, 0.29) is 12.5 Å². The first kappa shape index (κ1) is 18.2. The lowest BCUT2D eigenvalue weighted by Crippen LogP contribution is -2.10. The predicted octanol–water partition coefficient (Wildman–Crippen LogP) is 3.78. The topological polar surface area (TPSA) is 71.3 Å². The first-order valence-electron chi connectivity index (χ1n) is 7.97. The van der Waals surface area contributed by atoms with Crippen LogP contribution in [0.25, 0.3) is 6.08 Å². The van der Waals surface area contributed by atoms with Crippen molar-refractivity contribution in [3.8, 4) is 11.8 Å². The molecule has 1 amide bonds. The number of hydrogen-bond acceptors (Lipinski definition) is 4. The average molecular weight is 336 g/mol. The van der Waals surface area contributed by atoms with Crippen LogP contribution in [-0.2, 0) is 16.1 Å². The predicted molar refractivity (Wildman–Crippen MR) is 97.0 cm³/mol. The van der Waals surface area contributed by atoms with Crippen molar-refractivity contribution in [2.75, 3.05) is 18.5 Å². The van der Waals surface area contributed by atoms with Gasteiger partial charge < -0.3 is 14.8 Å². The number of anilines is 1. The highest BCUT2D eigenvalue weighted by Gasteiger charge is 2.04. The minimum atomic E-state index is -0.214. The van der Waals surface area contributed by atoms with Crippen LogP contribution in [0, 0.1) is 11.3 Å². The summed E-state index contributed by atoms with van der Waals surface area (Å²) in [7, 11) is 0. The van der Waals surface area contributed by atoms with Crippen molar-refractivity contribution in [2.45, 2.75) is 13.5 Å². The standard InChI is InChI=1S/C20H20N2O3/c1-2-24-15-17-5-3-4-6-19(17)22-20(23)12-9-16-7-10-18(11-8-16)25-14-13-21/h3-12H,2,14-15H2,1H3,(H,22,23)/b12-9+. The molecule has 0 saturated carbocycles. The summed E-state index contributed by atoms with van der Waals surface area (Å²) in [6.07, 6.45) is 3.19. The zero-order valence-corrected chi connectivity index (χ0v) is 14.1. The van der Waals surface area contributed by atoms with Gasteiger partial charge in [-0.2, -0.15) is 5.26 Å². The van der Waals surface area contributed by atoms with Crippen molar-refractivity contribution < 1.29 is 14.3 Å². The van der Waals surface area contributed by atoms with Crippen LogP contribution in [0.1, 0.15) is 18.1 Å². The van der Waals surface area contributed by atoms with Gasteiger partial charge in [0.15, 0.2) is 6.61 Å². The van der Waals surface area contributed by atoms with Crippen LogP contribution >= 0.6 is 0 Å². The van der Waals surface area contributed by atoms with Gasteiger partial charge in [0.2, 0.25) is 5.91 Å². The van der Waals surface area contributed by atoms with Gasteiger partial charge in [-0.25, -0.2) is 0 Å². The van der Waals surface area contributed by atoms with Gasteiger partial charge in [0, 0.05) is 23.9 Å². The van der Waals surface area contributed by atoms with E-state index in [0.717, 1.165) is 16.8 Å². The van der Waals surface area contributed by atoms with Crippen LogP contribution in [0.4, 0.5) is 5.69 Å². The normalized spacial score (nSPS) is 10.4. The third kappa shape index (κ3) is 6.13. The number of benzene rings is 2. The fraction of sp³-hybridized carbons (Fsp3) is 0.200. The molecule has 0 aromatic heterocycles. The fourth-order valence-corrected chi connectivity index (χ4v) is 2.12. The highest BCUT2D eigenvalue weighted by Crippen LogP contribution is 2.17. The Morgan fingerprint density at radius 2 is 1.96 bits per heavy atom. The maximum atomic E-state index is 12.1. The summed E-state index contributed by atoms with van der Waals surface area (Å²) in [4.78, 5) is 12.1. The summed E-state index contributed by atoms with van der Waals surface area (Å²) in [5.74, 6) is 0.404.